The maximum atomic E-state index is 5.39. The summed E-state index contributed by atoms with van der Waals surface area (Å²) in [6.07, 6.45) is 3.00. The molecule has 0 saturated heterocycles. The summed E-state index contributed by atoms with van der Waals surface area (Å²) in [5.74, 6) is 0.650. The third-order valence-electron chi connectivity index (χ3n) is 1.55. The fourth-order valence-electron chi connectivity index (χ4n) is 0.589. The Morgan fingerprint density at radius 2 is 2.22 bits per heavy atom. The molecule has 0 saturated carbocycles. The van der Waals surface area contributed by atoms with Crippen molar-refractivity contribution in [3.8, 4) is 0 Å². The molecule has 1 nitrogen and oxygen atoms in total. The van der Waals surface area contributed by atoms with Crippen molar-refractivity contribution in [3.05, 3.63) is 12.7 Å². The van der Waals surface area contributed by atoms with Gasteiger partial charge >= 0.3 is 0 Å². The Labute approximate surface area is 61.8 Å². The number of rotatable bonds is 4. The molecule has 0 unspecified atom stereocenters. The van der Waals surface area contributed by atoms with Crippen LogP contribution in [0.2, 0.25) is 0 Å². The average molecular weight is 145 g/mol. The lowest BCUT2D eigenvalue weighted by Crippen LogP contribution is -2.11. The van der Waals surface area contributed by atoms with Crippen LogP contribution in [0.25, 0.3) is 0 Å². The van der Waals surface area contributed by atoms with Gasteiger partial charge in [-0.05, 0) is 12.3 Å². The lowest BCUT2D eigenvalue weighted by atomic mass is 10.1. The van der Waals surface area contributed by atoms with Crippen molar-refractivity contribution < 1.29 is 0 Å². The second-order valence-corrected chi connectivity index (χ2v) is 3.36. The summed E-state index contributed by atoms with van der Waals surface area (Å²) in [6.45, 7) is 7.99. The van der Waals surface area contributed by atoms with E-state index < -0.39 is 0 Å². The molecule has 0 radical (unpaired) electrons. The first-order valence-electron chi connectivity index (χ1n) is 3.18. The maximum absolute atomic E-state index is 5.39. The van der Waals surface area contributed by atoms with Gasteiger partial charge in [0.15, 0.2) is 0 Å². The summed E-state index contributed by atoms with van der Waals surface area (Å²) < 4.78 is 0. The second-order valence-electron chi connectivity index (χ2n) is 2.34. The molecule has 2 atom stereocenters. The van der Waals surface area contributed by atoms with Crippen LogP contribution in [-0.4, -0.2) is 5.25 Å². The third-order valence-corrected chi connectivity index (χ3v) is 2.45. The molecule has 2 heteroatoms. The Balaban J connectivity index is 3.44. The molecule has 2 N–H and O–H groups in total. The van der Waals surface area contributed by atoms with Gasteiger partial charge in [-0.3, -0.25) is 5.14 Å². The van der Waals surface area contributed by atoms with Gasteiger partial charge in [-0.1, -0.05) is 31.9 Å². The first-order valence-corrected chi connectivity index (χ1v) is 4.13. The molecule has 54 valence electrons. The van der Waals surface area contributed by atoms with Crippen LogP contribution in [0.4, 0.5) is 0 Å². The highest BCUT2D eigenvalue weighted by Gasteiger charge is 2.07. The van der Waals surface area contributed by atoms with E-state index in [2.05, 4.69) is 20.4 Å². The van der Waals surface area contributed by atoms with Crippen LogP contribution in [0.3, 0.4) is 0 Å². The minimum absolute atomic E-state index is 0.544. The summed E-state index contributed by atoms with van der Waals surface area (Å²) in [5, 5.41) is 5.93. The highest BCUT2D eigenvalue weighted by Crippen LogP contribution is 2.16. The predicted molar refractivity (Wildman–Crippen MR) is 45.2 cm³/mol. The minimum Gasteiger partial charge on any atom is -0.278 e. The van der Waals surface area contributed by atoms with Crippen molar-refractivity contribution in [1.82, 2.24) is 0 Å². The zero-order valence-corrected chi connectivity index (χ0v) is 6.95. The second kappa shape index (κ2) is 4.89. The van der Waals surface area contributed by atoms with E-state index in [9.17, 15) is 0 Å². The van der Waals surface area contributed by atoms with Crippen molar-refractivity contribution in [2.24, 2.45) is 11.1 Å². The normalized spacial score (nSPS) is 16.8. The average Bonchev–Trinajstić information content (AvgIpc) is 1.87. The van der Waals surface area contributed by atoms with Crippen LogP contribution in [0.5, 0.6) is 0 Å². The first kappa shape index (κ1) is 9.05. The highest BCUT2D eigenvalue weighted by atomic mass is 32.2. The molecule has 0 aromatic rings. The Bertz CT molecular complexity index is 83.0. The number of allylic oxidation sites excluding steroid dienone is 1. The number of hydrogen-bond donors (Lipinski definition) is 1. The van der Waals surface area contributed by atoms with Crippen molar-refractivity contribution in [2.75, 3.05) is 0 Å². The zero-order valence-electron chi connectivity index (χ0n) is 6.13. The Kier molecular flexibility index (Phi) is 4.91. The van der Waals surface area contributed by atoms with E-state index in [1.807, 2.05) is 6.08 Å². The van der Waals surface area contributed by atoms with E-state index in [0.717, 1.165) is 6.42 Å². The van der Waals surface area contributed by atoms with Gasteiger partial charge in [0.25, 0.3) is 0 Å². The molecule has 0 aromatic heterocycles. The van der Waals surface area contributed by atoms with Crippen LogP contribution >= 0.6 is 11.9 Å². The van der Waals surface area contributed by atoms with Crippen LogP contribution < -0.4 is 5.14 Å². The summed E-state index contributed by atoms with van der Waals surface area (Å²) in [6, 6.07) is 0. The molecule has 0 amide bonds. The summed E-state index contributed by atoms with van der Waals surface area (Å²) >= 11 is 1.43. The van der Waals surface area contributed by atoms with Gasteiger partial charge in [0.05, 0.1) is 0 Å². The summed E-state index contributed by atoms with van der Waals surface area (Å²) in [5.41, 5.74) is 0. The molecule has 0 fully saturated rings. The topological polar surface area (TPSA) is 26.0 Å². The molecule has 0 aliphatic rings. The van der Waals surface area contributed by atoms with Gasteiger partial charge in [0, 0.05) is 5.25 Å². The van der Waals surface area contributed by atoms with Gasteiger partial charge < -0.3 is 0 Å². The van der Waals surface area contributed by atoms with Crippen molar-refractivity contribution >= 4 is 11.9 Å². The SMILES string of the molecule is C=CC[C@H](C)[C@@H](C)SN. The van der Waals surface area contributed by atoms with Crippen LogP contribution in [-0.2, 0) is 0 Å². The quantitative estimate of drug-likeness (QED) is 0.485. The Morgan fingerprint density at radius 3 is 2.56 bits per heavy atom. The summed E-state index contributed by atoms with van der Waals surface area (Å²) in [4.78, 5) is 0. The smallest absolute Gasteiger partial charge is 0.0191 e. The maximum Gasteiger partial charge on any atom is 0.0191 e. The van der Waals surface area contributed by atoms with E-state index in [4.69, 9.17) is 5.14 Å². The lowest BCUT2D eigenvalue weighted by molar-refractivity contribution is 0.587. The van der Waals surface area contributed by atoms with E-state index in [-0.39, 0.29) is 0 Å². The largest absolute Gasteiger partial charge is 0.278 e. The fraction of sp³-hybridized carbons (Fsp3) is 0.714. The van der Waals surface area contributed by atoms with E-state index in [1.165, 1.54) is 11.9 Å². The Hall–Kier alpha value is 0.0500. The van der Waals surface area contributed by atoms with Gasteiger partial charge in [0.1, 0.15) is 0 Å². The van der Waals surface area contributed by atoms with Crippen molar-refractivity contribution in [3.63, 3.8) is 0 Å². The fourth-order valence-corrected chi connectivity index (χ4v) is 0.968. The van der Waals surface area contributed by atoms with Gasteiger partial charge in [-0.2, -0.15) is 0 Å². The molecule has 0 aliphatic carbocycles. The van der Waals surface area contributed by atoms with Gasteiger partial charge in [0.2, 0.25) is 0 Å². The molecular formula is C7H15NS. The minimum atomic E-state index is 0.544. The zero-order chi connectivity index (χ0) is 7.28. The van der Waals surface area contributed by atoms with E-state index in [1.54, 1.807) is 0 Å². The van der Waals surface area contributed by atoms with Gasteiger partial charge in [-0.15, -0.1) is 6.58 Å². The van der Waals surface area contributed by atoms with Crippen LogP contribution in [0.15, 0.2) is 12.7 Å². The number of hydrogen-bond acceptors (Lipinski definition) is 2. The number of nitrogens with two attached hydrogens (primary N) is 1. The predicted octanol–water partition coefficient (Wildman–Crippen LogP) is 2.19. The monoisotopic (exact) mass is 145 g/mol. The molecule has 0 aliphatic heterocycles. The lowest BCUT2D eigenvalue weighted by Gasteiger charge is -2.14. The van der Waals surface area contributed by atoms with Crippen LogP contribution in [0, 0.1) is 5.92 Å². The molecule has 0 bridgehead atoms. The molecule has 0 rings (SSSR count). The molecule has 0 spiro atoms. The first-order chi connectivity index (χ1) is 4.22. The molecular weight excluding hydrogens is 130 g/mol. The van der Waals surface area contributed by atoms with E-state index in [0.29, 0.717) is 11.2 Å². The van der Waals surface area contributed by atoms with E-state index >= 15 is 0 Å². The third kappa shape index (κ3) is 3.60. The molecule has 0 heterocycles. The van der Waals surface area contributed by atoms with Crippen molar-refractivity contribution in [2.45, 2.75) is 25.5 Å². The molecule has 0 aromatic carbocycles. The summed E-state index contributed by atoms with van der Waals surface area (Å²) in [7, 11) is 0. The molecule has 9 heavy (non-hydrogen) atoms. The van der Waals surface area contributed by atoms with Crippen molar-refractivity contribution in [1.29, 1.82) is 0 Å². The Morgan fingerprint density at radius 1 is 1.67 bits per heavy atom. The standard InChI is InChI=1S/C7H15NS/c1-4-5-6(2)7(3)9-8/h4,6-7H,1,5,8H2,2-3H3/t6-,7+/m0/s1. The van der Waals surface area contributed by atoms with Crippen LogP contribution in [0.1, 0.15) is 20.3 Å². The highest BCUT2D eigenvalue weighted by molar-refractivity contribution is 7.97. The van der Waals surface area contributed by atoms with Gasteiger partial charge in [-0.25, -0.2) is 0 Å².